The zero-order chi connectivity index (χ0) is 18.9. The molecule has 6 nitrogen and oxygen atoms in total. The summed E-state index contributed by atoms with van der Waals surface area (Å²) in [6.07, 6.45) is 4.97. The van der Waals surface area contributed by atoms with Gasteiger partial charge in [-0.05, 0) is 72.7 Å². The zero-order valence-corrected chi connectivity index (χ0v) is 15.7. The van der Waals surface area contributed by atoms with Gasteiger partial charge in [0.05, 0.1) is 7.11 Å². The molecule has 138 valence electrons. The molecule has 0 fully saturated rings. The maximum atomic E-state index is 5.99. The fraction of sp³-hybridized carbons (Fsp3) is 0.286. The van der Waals surface area contributed by atoms with Gasteiger partial charge >= 0.3 is 0 Å². The number of tetrazole rings is 1. The van der Waals surface area contributed by atoms with E-state index in [1.807, 2.05) is 48.9 Å². The first-order valence-corrected chi connectivity index (χ1v) is 8.96. The van der Waals surface area contributed by atoms with E-state index in [4.69, 9.17) is 9.47 Å². The van der Waals surface area contributed by atoms with Crippen LogP contribution >= 0.6 is 0 Å². The first-order chi connectivity index (χ1) is 13.0. The lowest BCUT2D eigenvalue weighted by molar-refractivity contribution is 0.159. The van der Waals surface area contributed by atoms with E-state index in [0.717, 1.165) is 34.9 Å². The van der Waals surface area contributed by atoms with Crippen molar-refractivity contribution in [1.82, 2.24) is 20.2 Å². The third kappa shape index (κ3) is 3.69. The van der Waals surface area contributed by atoms with Crippen LogP contribution in [-0.4, -0.2) is 32.9 Å². The molecule has 0 saturated carbocycles. The summed E-state index contributed by atoms with van der Waals surface area (Å²) in [5, 5.41) is 12.3. The molecule has 0 aliphatic carbocycles. The molecule has 0 bridgehead atoms. The molecular formula is C21H22N4O2. The molecular weight excluding hydrogens is 340 g/mol. The van der Waals surface area contributed by atoms with E-state index < -0.39 is 0 Å². The minimum atomic E-state index is -0.285. The third-order valence-corrected chi connectivity index (χ3v) is 4.58. The summed E-state index contributed by atoms with van der Waals surface area (Å²) in [4.78, 5) is 0. The van der Waals surface area contributed by atoms with Crippen LogP contribution in [0.15, 0.2) is 48.5 Å². The van der Waals surface area contributed by atoms with Crippen LogP contribution in [0, 0.1) is 0 Å². The van der Waals surface area contributed by atoms with Crippen LogP contribution in [0.25, 0.3) is 17.5 Å². The standard InChI is InChI=1S/C21H22N4O2/c1-21(2)11-9-16-14-17(7-8-19(16)27-21)20-22-23-24-25(20)12-10-15-5-4-6-18(13-15)26-3/h4-9,11,13-14H,10,12H2,1-3H3. The summed E-state index contributed by atoms with van der Waals surface area (Å²) in [5.74, 6) is 2.48. The second kappa shape index (κ2) is 6.87. The van der Waals surface area contributed by atoms with Crippen molar-refractivity contribution in [3.8, 4) is 22.9 Å². The predicted octanol–water partition coefficient (Wildman–Crippen LogP) is 3.78. The molecule has 0 spiro atoms. The topological polar surface area (TPSA) is 62.1 Å². The van der Waals surface area contributed by atoms with E-state index in [2.05, 4.69) is 39.8 Å². The van der Waals surface area contributed by atoms with E-state index in [-0.39, 0.29) is 5.60 Å². The molecule has 6 heteroatoms. The quantitative estimate of drug-likeness (QED) is 0.691. The van der Waals surface area contributed by atoms with Crippen molar-refractivity contribution in [2.75, 3.05) is 7.11 Å². The Hall–Kier alpha value is -3.15. The number of benzene rings is 2. The van der Waals surface area contributed by atoms with Crippen molar-refractivity contribution in [1.29, 1.82) is 0 Å². The summed E-state index contributed by atoms with van der Waals surface area (Å²) in [7, 11) is 1.67. The van der Waals surface area contributed by atoms with Crippen LogP contribution in [0.4, 0.5) is 0 Å². The van der Waals surface area contributed by atoms with Crippen molar-refractivity contribution in [3.05, 3.63) is 59.7 Å². The molecule has 2 heterocycles. The molecule has 0 amide bonds. The monoisotopic (exact) mass is 362 g/mol. The summed E-state index contributed by atoms with van der Waals surface area (Å²) in [5.41, 5.74) is 2.90. The van der Waals surface area contributed by atoms with Crippen LogP contribution in [0.2, 0.25) is 0 Å². The van der Waals surface area contributed by atoms with Gasteiger partial charge < -0.3 is 9.47 Å². The third-order valence-electron chi connectivity index (χ3n) is 4.58. The Morgan fingerprint density at radius 3 is 2.89 bits per heavy atom. The molecule has 1 aromatic heterocycles. The summed E-state index contributed by atoms with van der Waals surface area (Å²) < 4.78 is 13.1. The van der Waals surface area contributed by atoms with Crippen LogP contribution in [0.3, 0.4) is 0 Å². The molecule has 27 heavy (non-hydrogen) atoms. The number of hydrogen-bond donors (Lipinski definition) is 0. The Kier molecular flexibility index (Phi) is 4.39. The van der Waals surface area contributed by atoms with E-state index >= 15 is 0 Å². The maximum absolute atomic E-state index is 5.99. The van der Waals surface area contributed by atoms with Crippen molar-refractivity contribution in [2.45, 2.75) is 32.4 Å². The molecule has 2 aromatic carbocycles. The summed E-state index contributed by atoms with van der Waals surface area (Å²) >= 11 is 0. The molecule has 0 atom stereocenters. The predicted molar refractivity (Wildman–Crippen MR) is 104 cm³/mol. The maximum Gasteiger partial charge on any atom is 0.182 e. The van der Waals surface area contributed by atoms with Gasteiger partial charge in [0.25, 0.3) is 0 Å². The summed E-state index contributed by atoms with van der Waals surface area (Å²) in [6, 6.07) is 14.1. The van der Waals surface area contributed by atoms with Gasteiger partial charge in [-0.3, -0.25) is 0 Å². The average Bonchev–Trinajstić information content (AvgIpc) is 3.14. The molecule has 0 N–H and O–H groups in total. The number of rotatable bonds is 5. The SMILES string of the molecule is COc1cccc(CCn2nnnc2-c2ccc3c(c2)C=CC(C)(C)O3)c1. The van der Waals surface area contributed by atoms with Gasteiger partial charge in [-0.25, -0.2) is 4.68 Å². The molecule has 4 rings (SSSR count). The van der Waals surface area contributed by atoms with Crippen molar-refractivity contribution in [2.24, 2.45) is 0 Å². The van der Waals surface area contributed by atoms with Crippen LogP contribution in [-0.2, 0) is 13.0 Å². The number of ether oxygens (including phenoxy) is 2. The van der Waals surface area contributed by atoms with E-state index in [0.29, 0.717) is 6.54 Å². The fourth-order valence-corrected chi connectivity index (χ4v) is 3.14. The highest BCUT2D eigenvalue weighted by molar-refractivity contribution is 5.68. The molecule has 1 aliphatic heterocycles. The van der Waals surface area contributed by atoms with Gasteiger partial charge in [-0.1, -0.05) is 18.2 Å². The number of methoxy groups -OCH3 is 1. The highest BCUT2D eigenvalue weighted by atomic mass is 16.5. The second-order valence-electron chi connectivity index (χ2n) is 7.12. The van der Waals surface area contributed by atoms with E-state index in [1.54, 1.807) is 7.11 Å². The normalized spacial score (nSPS) is 14.5. The number of aromatic nitrogens is 4. The first kappa shape index (κ1) is 17.3. The lowest BCUT2D eigenvalue weighted by atomic mass is 10.0. The smallest absolute Gasteiger partial charge is 0.182 e. The molecule has 0 radical (unpaired) electrons. The molecule has 0 unspecified atom stereocenters. The number of nitrogens with zero attached hydrogens (tertiary/aromatic N) is 4. The Bertz CT molecular complexity index is 991. The molecule has 3 aromatic rings. The van der Waals surface area contributed by atoms with Gasteiger partial charge in [-0.2, -0.15) is 0 Å². The lowest BCUT2D eigenvalue weighted by Gasteiger charge is -2.27. The number of hydrogen-bond acceptors (Lipinski definition) is 5. The Balaban J connectivity index is 1.55. The summed E-state index contributed by atoms with van der Waals surface area (Å²) in [6.45, 7) is 4.77. The Morgan fingerprint density at radius 2 is 2.04 bits per heavy atom. The van der Waals surface area contributed by atoms with Crippen molar-refractivity contribution < 1.29 is 9.47 Å². The van der Waals surface area contributed by atoms with Crippen LogP contribution in [0.1, 0.15) is 25.0 Å². The zero-order valence-electron chi connectivity index (χ0n) is 15.7. The lowest BCUT2D eigenvalue weighted by Crippen LogP contribution is -2.27. The largest absolute Gasteiger partial charge is 0.497 e. The van der Waals surface area contributed by atoms with Crippen molar-refractivity contribution >= 4 is 6.08 Å². The van der Waals surface area contributed by atoms with Gasteiger partial charge in [0.2, 0.25) is 0 Å². The minimum absolute atomic E-state index is 0.285. The fourth-order valence-electron chi connectivity index (χ4n) is 3.14. The van der Waals surface area contributed by atoms with Crippen LogP contribution < -0.4 is 9.47 Å². The Labute approximate surface area is 158 Å². The van der Waals surface area contributed by atoms with E-state index in [9.17, 15) is 0 Å². The second-order valence-corrected chi connectivity index (χ2v) is 7.12. The van der Waals surface area contributed by atoms with Crippen LogP contribution in [0.5, 0.6) is 11.5 Å². The van der Waals surface area contributed by atoms with Crippen molar-refractivity contribution in [3.63, 3.8) is 0 Å². The highest BCUT2D eigenvalue weighted by Gasteiger charge is 2.22. The average molecular weight is 362 g/mol. The Morgan fingerprint density at radius 1 is 1.15 bits per heavy atom. The molecule has 0 saturated heterocycles. The van der Waals surface area contributed by atoms with Gasteiger partial charge in [0, 0.05) is 17.7 Å². The number of fused-ring (bicyclic) bond motifs is 1. The molecule has 1 aliphatic rings. The van der Waals surface area contributed by atoms with Gasteiger partial charge in [0.15, 0.2) is 5.82 Å². The first-order valence-electron chi connectivity index (χ1n) is 8.96. The van der Waals surface area contributed by atoms with Gasteiger partial charge in [0.1, 0.15) is 17.1 Å². The minimum Gasteiger partial charge on any atom is -0.497 e. The highest BCUT2D eigenvalue weighted by Crippen LogP contribution is 2.33. The number of aryl methyl sites for hydroxylation is 2. The van der Waals surface area contributed by atoms with E-state index in [1.165, 1.54) is 5.56 Å². The van der Waals surface area contributed by atoms with Gasteiger partial charge in [-0.15, -0.1) is 5.10 Å².